The van der Waals surface area contributed by atoms with Crippen LogP contribution in [0.25, 0.3) is 0 Å². The Balaban J connectivity index is 1.69. The molecule has 1 aromatic carbocycles. The lowest BCUT2D eigenvalue weighted by Crippen LogP contribution is -2.49. The number of piperazine rings is 1. The van der Waals surface area contributed by atoms with Crippen molar-refractivity contribution in [3.8, 4) is 0 Å². The molecule has 6 nitrogen and oxygen atoms in total. The summed E-state index contributed by atoms with van der Waals surface area (Å²) < 4.78 is 0. The van der Waals surface area contributed by atoms with Crippen molar-refractivity contribution in [2.24, 2.45) is 0 Å². The maximum Gasteiger partial charge on any atom is 0.324 e. The van der Waals surface area contributed by atoms with Gasteiger partial charge in [0.25, 0.3) is 0 Å². The summed E-state index contributed by atoms with van der Waals surface area (Å²) in [7, 11) is 0. The van der Waals surface area contributed by atoms with Gasteiger partial charge in [0.15, 0.2) is 0 Å². The first-order valence-corrected chi connectivity index (χ1v) is 7.82. The topological polar surface area (TPSA) is 64.7 Å². The molecule has 3 amide bonds. The molecular formula is C15H19ClN4O2. The van der Waals surface area contributed by atoms with Crippen LogP contribution in [0.1, 0.15) is 11.6 Å². The van der Waals surface area contributed by atoms with E-state index in [-0.39, 0.29) is 24.5 Å². The number of carbonyl (C=O) groups excluding carboxylic acids is 2. The Kier molecular flexibility index (Phi) is 4.61. The van der Waals surface area contributed by atoms with Crippen LogP contribution in [0.15, 0.2) is 24.3 Å². The van der Waals surface area contributed by atoms with Crippen LogP contribution in [0.2, 0.25) is 5.02 Å². The van der Waals surface area contributed by atoms with E-state index in [1.807, 2.05) is 24.3 Å². The van der Waals surface area contributed by atoms with Crippen LogP contribution in [0.4, 0.5) is 4.79 Å². The average molecular weight is 323 g/mol. The van der Waals surface area contributed by atoms with Crippen LogP contribution in [0.3, 0.4) is 0 Å². The number of rotatable bonds is 4. The second kappa shape index (κ2) is 6.64. The summed E-state index contributed by atoms with van der Waals surface area (Å²) in [6.07, 6.45) is 0. The molecular weight excluding hydrogens is 304 g/mol. The van der Waals surface area contributed by atoms with Crippen LogP contribution in [0.5, 0.6) is 0 Å². The van der Waals surface area contributed by atoms with Crippen molar-refractivity contribution in [3.63, 3.8) is 0 Å². The molecule has 2 heterocycles. The molecule has 7 heteroatoms. The highest BCUT2D eigenvalue weighted by Gasteiger charge is 2.30. The van der Waals surface area contributed by atoms with Crippen molar-refractivity contribution in [2.75, 3.05) is 39.3 Å². The molecule has 1 atom stereocenters. The van der Waals surface area contributed by atoms with Gasteiger partial charge in [-0.3, -0.25) is 14.6 Å². The van der Waals surface area contributed by atoms with E-state index >= 15 is 0 Å². The van der Waals surface area contributed by atoms with E-state index in [1.54, 1.807) is 0 Å². The third-order valence-electron chi connectivity index (χ3n) is 4.17. The molecule has 2 aliphatic rings. The second-order valence-corrected chi connectivity index (χ2v) is 5.89. The number of hydrogen-bond donors (Lipinski definition) is 2. The molecule has 2 aliphatic heterocycles. The largest absolute Gasteiger partial charge is 0.329 e. The quantitative estimate of drug-likeness (QED) is 0.806. The first-order valence-electron chi connectivity index (χ1n) is 7.44. The lowest BCUT2D eigenvalue weighted by molar-refractivity contribution is -0.125. The number of halogens is 1. The van der Waals surface area contributed by atoms with E-state index in [4.69, 9.17) is 11.6 Å². The molecule has 0 saturated carbocycles. The Morgan fingerprint density at radius 1 is 1.23 bits per heavy atom. The zero-order valence-electron chi connectivity index (χ0n) is 12.2. The number of hydrogen-bond acceptors (Lipinski definition) is 4. The lowest BCUT2D eigenvalue weighted by atomic mass is 10.0. The van der Waals surface area contributed by atoms with E-state index < -0.39 is 0 Å². The number of nitrogens with one attached hydrogen (secondary N) is 2. The zero-order valence-corrected chi connectivity index (χ0v) is 13.0. The van der Waals surface area contributed by atoms with Crippen LogP contribution >= 0.6 is 11.6 Å². The SMILES string of the molecule is O=C1CNC(=O)N1CCN1CCNCC1c1ccccc1Cl. The molecule has 22 heavy (non-hydrogen) atoms. The van der Waals surface area contributed by atoms with Gasteiger partial charge >= 0.3 is 6.03 Å². The zero-order chi connectivity index (χ0) is 15.5. The van der Waals surface area contributed by atoms with Gasteiger partial charge in [-0.2, -0.15) is 0 Å². The standard InChI is InChI=1S/C15H19ClN4O2/c16-12-4-2-1-3-11(12)13-9-17-5-6-19(13)7-8-20-14(21)10-18-15(20)22/h1-4,13,17H,5-10H2,(H,18,22). The van der Waals surface area contributed by atoms with Crippen LogP contribution in [0, 0.1) is 0 Å². The normalized spacial score (nSPS) is 23.0. The van der Waals surface area contributed by atoms with Crippen molar-refractivity contribution in [2.45, 2.75) is 6.04 Å². The highest BCUT2D eigenvalue weighted by atomic mass is 35.5. The van der Waals surface area contributed by atoms with Crippen LogP contribution in [-0.2, 0) is 4.79 Å². The molecule has 2 fully saturated rings. The molecule has 0 aromatic heterocycles. The molecule has 2 saturated heterocycles. The van der Waals surface area contributed by atoms with Crippen molar-refractivity contribution >= 4 is 23.5 Å². The number of nitrogens with zero attached hydrogens (tertiary/aromatic N) is 2. The minimum atomic E-state index is -0.297. The average Bonchev–Trinajstić information content (AvgIpc) is 2.85. The maximum atomic E-state index is 11.7. The fraction of sp³-hybridized carbons (Fsp3) is 0.467. The number of imide groups is 1. The first-order chi connectivity index (χ1) is 10.7. The monoisotopic (exact) mass is 322 g/mol. The molecule has 3 rings (SSSR count). The van der Waals surface area contributed by atoms with Gasteiger partial charge in [-0.05, 0) is 11.6 Å². The van der Waals surface area contributed by atoms with Gasteiger partial charge in [-0.15, -0.1) is 0 Å². The van der Waals surface area contributed by atoms with Crippen molar-refractivity contribution in [3.05, 3.63) is 34.9 Å². The smallest absolute Gasteiger partial charge is 0.324 e. The first kappa shape index (κ1) is 15.3. The molecule has 0 aliphatic carbocycles. The Bertz CT molecular complexity index is 564. The summed E-state index contributed by atoms with van der Waals surface area (Å²) in [5, 5.41) is 6.67. The van der Waals surface area contributed by atoms with Crippen LogP contribution in [-0.4, -0.2) is 61.0 Å². The lowest BCUT2D eigenvalue weighted by Gasteiger charge is -2.37. The number of amides is 3. The van der Waals surface area contributed by atoms with E-state index in [0.717, 1.165) is 30.2 Å². The summed E-state index contributed by atoms with van der Waals surface area (Å²) >= 11 is 6.31. The van der Waals surface area contributed by atoms with Gasteiger partial charge in [-0.1, -0.05) is 29.8 Å². The van der Waals surface area contributed by atoms with E-state index in [1.165, 1.54) is 4.90 Å². The third-order valence-corrected chi connectivity index (χ3v) is 4.51. The van der Waals surface area contributed by atoms with Gasteiger partial charge in [-0.25, -0.2) is 4.79 Å². The molecule has 0 spiro atoms. The third kappa shape index (κ3) is 3.09. The minimum absolute atomic E-state index is 0.105. The Morgan fingerprint density at radius 2 is 2.05 bits per heavy atom. The fourth-order valence-electron chi connectivity index (χ4n) is 2.98. The predicted molar refractivity (Wildman–Crippen MR) is 83.7 cm³/mol. The molecule has 118 valence electrons. The Hall–Kier alpha value is -1.63. The number of benzene rings is 1. The Morgan fingerprint density at radius 3 is 2.77 bits per heavy atom. The summed E-state index contributed by atoms with van der Waals surface area (Å²) in [6.45, 7) is 3.72. The number of urea groups is 1. The molecule has 1 unspecified atom stereocenters. The number of carbonyl (C=O) groups is 2. The molecule has 2 N–H and O–H groups in total. The molecule has 1 aromatic rings. The van der Waals surface area contributed by atoms with E-state index in [0.29, 0.717) is 13.1 Å². The molecule has 0 bridgehead atoms. The van der Waals surface area contributed by atoms with Gasteiger partial charge in [0.1, 0.15) is 0 Å². The van der Waals surface area contributed by atoms with Gasteiger partial charge in [0.05, 0.1) is 6.54 Å². The maximum absolute atomic E-state index is 11.7. The minimum Gasteiger partial charge on any atom is -0.329 e. The van der Waals surface area contributed by atoms with Gasteiger partial charge in [0.2, 0.25) is 5.91 Å². The fourth-order valence-corrected chi connectivity index (χ4v) is 3.24. The Labute approximate surface area is 134 Å². The van der Waals surface area contributed by atoms with Gasteiger partial charge < -0.3 is 10.6 Å². The summed E-state index contributed by atoms with van der Waals surface area (Å²) in [4.78, 5) is 26.8. The van der Waals surface area contributed by atoms with Crippen molar-refractivity contribution in [1.82, 2.24) is 20.4 Å². The highest BCUT2D eigenvalue weighted by Crippen LogP contribution is 2.28. The second-order valence-electron chi connectivity index (χ2n) is 5.48. The summed E-state index contributed by atoms with van der Waals surface area (Å²) in [5.74, 6) is -0.158. The van der Waals surface area contributed by atoms with Crippen molar-refractivity contribution < 1.29 is 9.59 Å². The summed E-state index contributed by atoms with van der Waals surface area (Å²) in [5.41, 5.74) is 1.08. The van der Waals surface area contributed by atoms with E-state index in [2.05, 4.69) is 15.5 Å². The van der Waals surface area contributed by atoms with Gasteiger partial charge in [0, 0.05) is 43.8 Å². The predicted octanol–water partition coefficient (Wildman–Crippen LogP) is 0.838. The highest BCUT2D eigenvalue weighted by molar-refractivity contribution is 6.31. The summed E-state index contributed by atoms with van der Waals surface area (Å²) in [6, 6.07) is 7.67. The van der Waals surface area contributed by atoms with E-state index in [9.17, 15) is 9.59 Å². The molecule has 0 radical (unpaired) electrons. The van der Waals surface area contributed by atoms with Crippen molar-refractivity contribution in [1.29, 1.82) is 0 Å². The van der Waals surface area contributed by atoms with Crippen LogP contribution < -0.4 is 10.6 Å².